The number of hydrogen-bond acceptors (Lipinski definition) is 8. The molecule has 2 N–H and O–H groups in total. The third-order valence-electron chi connectivity index (χ3n) is 5.99. The lowest BCUT2D eigenvalue weighted by Crippen LogP contribution is -2.40. The number of aliphatic hydroxyl groups is 2. The van der Waals surface area contributed by atoms with Gasteiger partial charge in [-0.15, -0.1) is 0 Å². The maximum absolute atomic E-state index is 11.2. The van der Waals surface area contributed by atoms with Gasteiger partial charge in [-0.1, -0.05) is 42.1 Å². The molecule has 1 aliphatic rings. The van der Waals surface area contributed by atoms with Crippen LogP contribution in [0.15, 0.2) is 76.5 Å². The maximum atomic E-state index is 11.2. The molecular weight excluding hydrogens is 476 g/mol. The van der Waals surface area contributed by atoms with E-state index < -0.39 is 6.10 Å². The highest BCUT2D eigenvalue weighted by atomic mass is 32.2. The molecule has 1 heterocycles. The summed E-state index contributed by atoms with van der Waals surface area (Å²) in [6, 6.07) is 22.4. The first-order valence-corrected chi connectivity index (χ1v) is 12.9. The molecule has 0 bridgehead atoms. The van der Waals surface area contributed by atoms with E-state index in [4.69, 9.17) is 14.2 Å². The Morgan fingerprint density at radius 3 is 2.25 bits per heavy atom. The number of aliphatic hydroxyl groups excluding tert-OH is 2. The van der Waals surface area contributed by atoms with Crippen molar-refractivity contribution in [1.82, 2.24) is 4.90 Å². The Labute approximate surface area is 217 Å². The van der Waals surface area contributed by atoms with Crippen molar-refractivity contribution in [3.05, 3.63) is 72.3 Å². The summed E-state index contributed by atoms with van der Waals surface area (Å²) >= 11 is 1.75. The van der Waals surface area contributed by atoms with E-state index in [9.17, 15) is 10.2 Å². The molecule has 0 spiro atoms. The molecule has 36 heavy (non-hydrogen) atoms. The standard InChI is InChI=1S/C28H34N2O5S/c1-33-15-16-35-26-17-21(11-12-25(26)34-2)18-29(13-14-31)19-22(32)20-30-23-7-3-5-9-27(23)36-28-10-6-4-8-24(28)30/h3-12,17,22,31-32H,13-16,18-20H2,1-2H3. The summed E-state index contributed by atoms with van der Waals surface area (Å²) in [4.78, 5) is 6.60. The molecule has 0 saturated carbocycles. The summed E-state index contributed by atoms with van der Waals surface area (Å²) in [5.41, 5.74) is 3.21. The summed E-state index contributed by atoms with van der Waals surface area (Å²) in [7, 11) is 3.25. The second-order valence-electron chi connectivity index (χ2n) is 8.59. The Kier molecular flexibility index (Phi) is 9.49. The number of β-amino-alcohol motifs (C(OH)–C–C–N with tert-alkyl or cyclic N) is 1. The van der Waals surface area contributed by atoms with Gasteiger partial charge < -0.3 is 29.3 Å². The van der Waals surface area contributed by atoms with Gasteiger partial charge >= 0.3 is 0 Å². The van der Waals surface area contributed by atoms with E-state index in [0.29, 0.717) is 50.9 Å². The first-order valence-electron chi connectivity index (χ1n) is 12.1. The number of benzene rings is 3. The van der Waals surface area contributed by atoms with Gasteiger partial charge in [-0.2, -0.15) is 0 Å². The molecule has 3 aromatic carbocycles. The van der Waals surface area contributed by atoms with Crippen LogP contribution in [0.2, 0.25) is 0 Å². The summed E-state index contributed by atoms with van der Waals surface area (Å²) in [5.74, 6) is 1.31. The Hall–Kier alpha value is -2.75. The molecule has 8 heteroatoms. The lowest BCUT2D eigenvalue weighted by atomic mass is 10.1. The molecule has 192 valence electrons. The number of fused-ring (bicyclic) bond motifs is 2. The van der Waals surface area contributed by atoms with Gasteiger partial charge in [-0.25, -0.2) is 0 Å². The van der Waals surface area contributed by atoms with E-state index in [0.717, 1.165) is 16.9 Å². The Morgan fingerprint density at radius 1 is 0.917 bits per heavy atom. The minimum atomic E-state index is -0.628. The van der Waals surface area contributed by atoms with Gasteiger partial charge in [-0.05, 0) is 42.0 Å². The summed E-state index contributed by atoms with van der Waals surface area (Å²) < 4.78 is 16.3. The van der Waals surface area contributed by atoms with E-state index in [1.807, 2.05) is 42.5 Å². The fourth-order valence-electron chi connectivity index (χ4n) is 4.35. The van der Waals surface area contributed by atoms with Gasteiger partial charge in [0.25, 0.3) is 0 Å². The second-order valence-corrected chi connectivity index (χ2v) is 9.67. The molecule has 7 nitrogen and oxygen atoms in total. The largest absolute Gasteiger partial charge is 0.493 e. The van der Waals surface area contributed by atoms with Crippen LogP contribution in [0.3, 0.4) is 0 Å². The van der Waals surface area contributed by atoms with E-state index in [1.54, 1.807) is 26.0 Å². The molecular formula is C28H34N2O5S. The van der Waals surface area contributed by atoms with Crippen molar-refractivity contribution in [2.24, 2.45) is 0 Å². The zero-order chi connectivity index (χ0) is 25.3. The molecule has 1 aliphatic heterocycles. The summed E-state index contributed by atoms with van der Waals surface area (Å²) in [6.07, 6.45) is -0.628. The number of hydrogen-bond donors (Lipinski definition) is 2. The highest BCUT2D eigenvalue weighted by Crippen LogP contribution is 2.47. The predicted octanol–water partition coefficient (Wildman–Crippen LogP) is 4.18. The van der Waals surface area contributed by atoms with Crippen LogP contribution in [0.1, 0.15) is 5.56 Å². The van der Waals surface area contributed by atoms with Crippen molar-refractivity contribution in [3.8, 4) is 11.5 Å². The Bertz CT molecular complexity index is 1080. The number of methoxy groups -OCH3 is 2. The topological polar surface area (TPSA) is 74.6 Å². The molecule has 1 atom stereocenters. The summed E-state index contributed by atoms with van der Waals surface area (Å²) in [5, 5.41) is 20.9. The van der Waals surface area contributed by atoms with E-state index in [-0.39, 0.29) is 6.61 Å². The van der Waals surface area contributed by atoms with Crippen molar-refractivity contribution >= 4 is 23.1 Å². The quantitative estimate of drug-likeness (QED) is 0.332. The molecule has 0 amide bonds. The highest BCUT2D eigenvalue weighted by molar-refractivity contribution is 7.99. The van der Waals surface area contributed by atoms with Gasteiger partial charge in [-0.3, -0.25) is 4.90 Å². The van der Waals surface area contributed by atoms with Crippen LogP contribution < -0.4 is 14.4 Å². The number of nitrogens with zero attached hydrogens (tertiary/aromatic N) is 2. The molecule has 4 rings (SSSR count). The third kappa shape index (κ3) is 6.52. The molecule has 1 unspecified atom stereocenters. The first kappa shape index (κ1) is 26.3. The van der Waals surface area contributed by atoms with Gasteiger partial charge in [0.15, 0.2) is 11.5 Å². The average Bonchev–Trinajstić information content (AvgIpc) is 2.89. The van der Waals surface area contributed by atoms with Crippen LogP contribution in [-0.2, 0) is 11.3 Å². The SMILES string of the molecule is COCCOc1cc(CN(CCO)CC(O)CN2c3ccccc3Sc3ccccc32)ccc1OC. The average molecular weight is 511 g/mol. The molecule has 0 fully saturated rings. The number of anilines is 2. The van der Waals surface area contributed by atoms with Gasteiger partial charge in [0, 0.05) is 36.5 Å². The third-order valence-corrected chi connectivity index (χ3v) is 7.12. The van der Waals surface area contributed by atoms with Crippen molar-refractivity contribution in [3.63, 3.8) is 0 Å². The van der Waals surface area contributed by atoms with Crippen LogP contribution in [0.25, 0.3) is 0 Å². The normalized spacial score (nSPS) is 13.3. The van der Waals surface area contributed by atoms with Crippen molar-refractivity contribution < 1.29 is 24.4 Å². The van der Waals surface area contributed by atoms with Crippen LogP contribution in [0.4, 0.5) is 11.4 Å². The number of para-hydroxylation sites is 2. The van der Waals surface area contributed by atoms with Crippen molar-refractivity contribution in [2.45, 2.75) is 22.4 Å². The minimum Gasteiger partial charge on any atom is -0.493 e. The van der Waals surface area contributed by atoms with Crippen molar-refractivity contribution in [1.29, 1.82) is 0 Å². The predicted molar refractivity (Wildman–Crippen MR) is 143 cm³/mol. The van der Waals surface area contributed by atoms with Crippen LogP contribution in [-0.4, -0.2) is 74.9 Å². The minimum absolute atomic E-state index is 0.00604. The number of rotatable bonds is 13. The maximum Gasteiger partial charge on any atom is 0.161 e. The van der Waals surface area contributed by atoms with Gasteiger partial charge in [0.2, 0.25) is 0 Å². The summed E-state index contributed by atoms with van der Waals surface area (Å²) in [6.45, 7) is 2.79. The first-order chi connectivity index (χ1) is 17.6. The van der Waals surface area contributed by atoms with E-state index in [2.05, 4.69) is 34.1 Å². The monoisotopic (exact) mass is 510 g/mol. The highest BCUT2D eigenvalue weighted by Gasteiger charge is 2.25. The lowest BCUT2D eigenvalue weighted by Gasteiger charge is -2.35. The van der Waals surface area contributed by atoms with Crippen LogP contribution in [0.5, 0.6) is 11.5 Å². The molecule has 0 radical (unpaired) electrons. The Balaban J connectivity index is 1.47. The van der Waals surface area contributed by atoms with E-state index in [1.165, 1.54) is 9.79 Å². The van der Waals surface area contributed by atoms with Crippen LogP contribution in [0, 0.1) is 0 Å². The second kappa shape index (κ2) is 13.0. The zero-order valence-electron chi connectivity index (χ0n) is 20.8. The molecule has 0 saturated heterocycles. The fraction of sp³-hybridized carbons (Fsp3) is 0.357. The van der Waals surface area contributed by atoms with Gasteiger partial charge in [0.1, 0.15) is 6.61 Å². The lowest BCUT2D eigenvalue weighted by molar-refractivity contribution is 0.100. The molecule has 0 aliphatic carbocycles. The molecule has 0 aromatic heterocycles. The smallest absolute Gasteiger partial charge is 0.161 e. The Morgan fingerprint density at radius 2 is 1.61 bits per heavy atom. The number of ether oxygens (including phenoxy) is 3. The molecule has 3 aromatic rings. The van der Waals surface area contributed by atoms with Crippen molar-refractivity contribution in [2.75, 3.05) is 58.6 Å². The van der Waals surface area contributed by atoms with E-state index >= 15 is 0 Å². The zero-order valence-corrected chi connectivity index (χ0v) is 21.6. The van der Waals surface area contributed by atoms with Crippen LogP contribution >= 0.6 is 11.8 Å². The van der Waals surface area contributed by atoms with Gasteiger partial charge in [0.05, 0.1) is 44.3 Å². The fourth-order valence-corrected chi connectivity index (χ4v) is 5.44.